The molecule has 1 saturated heterocycles. The number of hydrogen-bond acceptors (Lipinski definition) is 4. The first-order chi connectivity index (χ1) is 13.5. The van der Waals surface area contributed by atoms with E-state index in [1.807, 2.05) is 24.3 Å². The van der Waals surface area contributed by atoms with Gasteiger partial charge < -0.3 is 10.1 Å². The maximum atomic E-state index is 12.4. The van der Waals surface area contributed by atoms with Crippen molar-refractivity contribution in [1.82, 2.24) is 10.0 Å². The zero-order valence-electron chi connectivity index (χ0n) is 16.0. The SMILES string of the molecule is CCc1ccc(OCCCNS(=O)(=O)c2ccc(C3CNC(=O)C3)cc2)cc1. The van der Waals surface area contributed by atoms with Crippen molar-refractivity contribution < 1.29 is 17.9 Å². The zero-order valence-corrected chi connectivity index (χ0v) is 16.8. The summed E-state index contributed by atoms with van der Waals surface area (Å²) in [4.78, 5) is 11.5. The molecule has 0 aromatic heterocycles. The van der Waals surface area contributed by atoms with E-state index in [-0.39, 0.29) is 16.7 Å². The van der Waals surface area contributed by atoms with Gasteiger partial charge in [-0.2, -0.15) is 0 Å². The molecular weight excluding hydrogens is 376 g/mol. The molecule has 1 atom stereocenters. The van der Waals surface area contributed by atoms with Crippen molar-refractivity contribution >= 4 is 15.9 Å². The molecule has 2 aromatic carbocycles. The van der Waals surface area contributed by atoms with Crippen LogP contribution in [0.1, 0.15) is 36.8 Å². The van der Waals surface area contributed by atoms with Crippen LogP contribution < -0.4 is 14.8 Å². The molecule has 2 aromatic rings. The molecule has 1 aliphatic rings. The topological polar surface area (TPSA) is 84.5 Å². The Labute approximate surface area is 166 Å². The van der Waals surface area contributed by atoms with Crippen molar-refractivity contribution in [2.24, 2.45) is 0 Å². The lowest BCUT2D eigenvalue weighted by Gasteiger charge is -2.11. The number of benzene rings is 2. The monoisotopic (exact) mass is 402 g/mol. The number of nitrogens with one attached hydrogen (secondary N) is 2. The van der Waals surface area contributed by atoms with Crippen LogP contribution in [0.4, 0.5) is 0 Å². The molecule has 1 heterocycles. The first-order valence-electron chi connectivity index (χ1n) is 9.56. The van der Waals surface area contributed by atoms with Crippen molar-refractivity contribution in [3.05, 3.63) is 59.7 Å². The second-order valence-electron chi connectivity index (χ2n) is 6.87. The fourth-order valence-electron chi connectivity index (χ4n) is 3.13. The number of carbonyl (C=O) groups is 1. The van der Waals surface area contributed by atoms with Gasteiger partial charge in [0, 0.05) is 25.4 Å². The summed E-state index contributed by atoms with van der Waals surface area (Å²) in [6.07, 6.45) is 2.01. The molecule has 0 radical (unpaired) electrons. The van der Waals surface area contributed by atoms with Crippen LogP contribution in [0.2, 0.25) is 0 Å². The Morgan fingerprint density at radius 2 is 1.82 bits per heavy atom. The van der Waals surface area contributed by atoms with Crippen LogP contribution in [0.15, 0.2) is 53.4 Å². The summed E-state index contributed by atoms with van der Waals surface area (Å²) in [7, 11) is -3.55. The number of amides is 1. The Balaban J connectivity index is 1.45. The highest BCUT2D eigenvalue weighted by molar-refractivity contribution is 7.89. The standard InChI is InChI=1S/C21H26N2O4S/c1-2-16-4-8-19(9-5-16)27-13-3-12-23-28(25,26)20-10-6-17(7-11-20)18-14-21(24)22-15-18/h4-11,18,23H,2-3,12-15H2,1H3,(H,22,24). The molecule has 2 N–H and O–H groups in total. The second-order valence-corrected chi connectivity index (χ2v) is 8.64. The predicted molar refractivity (Wildman–Crippen MR) is 108 cm³/mol. The summed E-state index contributed by atoms with van der Waals surface area (Å²) in [6.45, 7) is 3.44. The third-order valence-corrected chi connectivity index (χ3v) is 6.33. The smallest absolute Gasteiger partial charge is 0.240 e. The average Bonchev–Trinajstić information content (AvgIpc) is 3.14. The molecule has 1 fully saturated rings. The largest absolute Gasteiger partial charge is 0.494 e. The van der Waals surface area contributed by atoms with Crippen LogP contribution in [0.25, 0.3) is 0 Å². The number of ether oxygens (including phenoxy) is 1. The van der Waals surface area contributed by atoms with Crippen LogP contribution in [0.3, 0.4) is 0 Å². The van der Waals surface area contributed by atoms with Crippen molar-refractivity contribution in [2.75, 3.05) is 19.7 Å². The highest BCUT2D eigenvalue weighted by atomic mass is 32.2. The number of sulfonamides is 1. The fourth-order valence-corrected chi connectivity index (χ4v) is 4.21. The lowest BCUT2D eigenvalue weighted by molar-refractivity contribution is -0.119. The van der Waals surface area contributed by atoms with E-state index < -0.39 is 10.0 Å². The summed E-state index contributed by atoms with van der Waals surface area (Å²) in [5, 5.41) is 2.79. The van der Waals surface area contributed by atoms with E-state index in [0.29, 0.717) is 32.5 Å². The molecule has 0 spiro atoms. The average molecular weight is 403 g/mol. The van der Waals surface area contributed by atoms with E-state index in [2.05, 4.69) is 17.0 Å². The van der Waals surface area contributed by atoms with Gasteiger partial charge in [0.15, 0.2) is 0 Å². The highest BCUT2D eigenvalue weighted by Crippen LogP contribution is 2.24. The van der Waals surface area contributed by atoms with Gasteiger partial charge in [-0.3, -0.25) is 4.79 Å². The summed E-state index contributed by atoms with van der Waals surface area (Å²) in [5.74, 6) is 0.933. The predicted octanol–water partition coefficient (Wildman–Crippen LogP) is 2.60. The second kappa shape index (κ2) is 9.21. The Hall–Kier alpha value is -2.38. The van der Waals surface area contributed by atoms with Gasteiger partial charge >= 0.3 is 0 Å². The maximum Gasteiger partial charge on any atom is 0.240 e. The summed E-state index contributed by atoms with van der Waals surface area (Å²) < 4.78 is 33.0. The Kier molecular flexibility index (Phi) is 6.70. The van der Waals surface area contributed by atoms with Crippen molar-refractivity contribution in [1.29, 1.82) is 0 Å². The molecule has 1 amide bonds. The van der Waals surface area contributed by atoms with Crippen molar-refractivity contribution in [3.63, 3.8) is 0 Å². The zero-order chi connectivity index (χ0) is 20.0. The Bertz CT molecular complexity index is 893. The highest BCUT2D eigenvalue weighted by Gasteiger charge is 2.23. The van der Waals surface area contributed by atoms with Gasteiger partial charge in [0.05, 0.1) is 11.5 Å². The molecule has 1 unspecified atom stereocenters. The molecule has 6 nitrogen and oxygen atoms in total. The van der Waals surface area contributed by atoms with Crippen LogP contribution in [-0.2, 0) is 21.2 Å². The minimum Gasteiger partial charge on any atom is -0.494 e. The van der Waals surface area contributed by atoms with Gasteiger partial charge in [-0.05, 0) is 48.2 Å². The quantitative estimate of drug-likeness (QED) is 0.632. The van der Waals surface area contributed by atoms with Crippen LogP contribution in [-0.4, -0.2) is 34.0 Å². The number of rotatable bonds is 9. The van der Waals surface area contributed by atoms with E-state index in [9.17, 15) is 13.2 Å². The summed E-state index contributed by atoms with van der Waals surface area (Å²) in [6, 6.07) is 14.7. The molecule has 3 rings (SSSR count). The molecule has 7 heteroatoms. The van der Waals surface area contributed by atoms with E-state index in [1.165, 1.54) is 5.56 Å². The number of hydrogen-bond donors (Lipinski definition) is 2. The molecular formula is C21H26N2O4S. The van der Waals surface area contributed by atoms with E-state index >= 15 is 0 Å². The number of carbonyl (C=O) groups excluding carboxylic acids is 1. The molecule has 28 heavy (non-hydrogen) atoms. The molecule has 0 aliphatic carbocycles. The number of aryl methyl sites for hydroxylation is 1. The van der Waals surface area contributed by atoms with Gasteiger partial charge in [-0.1, -0.05) is 31.2 Å². The first kappa shape index (κ1) is 20.4. The minimum atomic E-state index is -3.55. The fraction of sp³-hybridized carbons (Fsp3) is 0.381. The van der Waals surface area contributed by atoms with Gasteiger partial charge in [-0.25, -0.2) is 13.1 Å². The van der Waals surface area contributed by atoms with Crippen LogP contribution in [0, 0.1) is 0 Å². The van der Waals surface area contributed by atoms with Gasteiger partial charge in [0.1, 0.15) is 5.75 Å². The Morgan fingerprint density at radius 1 is 1.11 bits per heavy atom. The normalized spacial score (nSPS) is 16.8. The lowest BCUT2D eigenvalue weighted by Crippen LogP contribution is -2.25. The third-order valence-electron chi connectivity index (χ3n) is 4.85. The summed E-state index contributed by atoms with van der Waals surface area (Å²) >= 11 is 0. The molecule has 150 valence electrons. The summed E-state index contributed by atoms with van der Waals surface area (Å²) in [5.41, 5.74) is 2.22. The van der Waals surface area contributed by atoms with E-state index in [0.717, 1.165) is 17.7 Å². The molecule has 0 bridgehead atoms. The molecule has 1 aliphatic heterocycles. The van der Waals surface area contributed by atoms with Gasteiger partial charge in [0.2, 0.25) is 15.9 Å². The third kappa shape index (κ3) is 5.33. The maximum absolute atomic E-state index is 12.4. The molecule has 0 saturated carbocycles. The minimum absolute atomic E-state index is 0.0342. The van der Waals surface area contributed by atoms with Crippen LogP contribution >= 0.6 is 0 Å². The van der Waals surface area contributed by atoms with E-state index in [1.54, 1.807) is 24.3 Å². The first-order valence-corrected chi connectivity index (χ1v) is 11.0. The van der Waals surface area contributed by atoms with Gasteiger partial charge in [-0.15, -0.1) is 0 Å². The van der Waals surface area contributed by atoms with Crippen LogP contribution in [0.5, 0.6) is 5.75 Å². The van der Waals surface area contributed by atoms with Gasteiger partial charge in [0.25, 0.3) is 0 Å². The lowest BCUT2D eigenvalue weighted by atomic mass is 9.99. The van der Waals surface area contributed by atoms with Crippen molar-refractivity contribution in [2.45, 2.75) is 37.0 Å². The van der Waals surface area contributed by atoms with Crippen molar-refractivity contribution in [3.8, 4) is 5.75 Å². The van der Waals surface area contributed by atoms with E-state index in [4.69, 9.17) is 4.74 Å². The Morgan fingerprint density at radius 3 is 2.43 bits per heavy atom.